The van der Waals surface area contributed by atoms with Gasteiger partial charge in [0.1, 0.15) is 5.82 Å². The fourth-order valence-electron chi connectivity index (χ4n) is 1.99. The number of nitrogens with zero attached hydrogens (tertiary/aromatic N) is 1. The number of alkyl halides is 3. The van der Waals surface area contributed by atoms with E-state index in [-0.39, 0.29) is 10.5 Å². The number of carboxylic acid groups (broad SMARTS) is 1. The fourth-order valence-corrected chi connectivity index (χ4v) is 1.99. The van der Waals surface area contributed by atoms with Gasteiger partial charge in [0.15, 0.2) is 5.92 Å². The zero-order valence-corrected chi connectivity index (χ0v) is 10.1. The van der Waals surface area contributed by atoms with E-state index < -0.39 is 47.8 Å². The number of fused-ring (bicyclic) bond motifs is 1. The van der Waals surface area contributed by atoms with Crippen molar-refractivity contribution in [1.29, 1.82) is 0 Å². The number of amides is 1. The number of ketones is 1. The maximum Gasteiger partial charge on any atom is 0.403 e. The Morgan fingerprint density at radius 1 is 1.29 bits per heavy atom. The van der Waals surface area contributed by atoms with Gasteiger partial charge in [-0.1, -0.05) is 6.07 Å². The second kappa shape index (κ2) is 4.83. The molecule has 0 bridgehead atoms. The standard InChI is InChI=1S/C12H7F4NO4/c13-7-3-1-2-5-8(7)17(10(19)9(5)18)4-6(11(20)21)12(14,15)16/h1-3,6H,4H2,(H,20,21). The molecule has 1 aliphatic heterocycles. The van der Waals surface area contributed by atoms with E-state index >= 15 is 0 Å². The molecule has 0 aliphatic carbocycles. The van der Waals surface area contributed by atoms with Gasteiger partial charge in [-0.2, -0.15) is 13.2 Å². The first-order valence-corrected chi connectivity index (χ1v) is 5.58. The minimum Gasteiger partial charge on any atom is -0.481 e. The van der Waals surface area contributed by atoms with Crippen LogP contribution in [0, 0.1) is 11.7 Å². The first kappa shape index (κ1) is 14.9. The Morgan fingerprint density at radius 3 is 2.43 bits per heavy atom. The predicted octanol–water partition coefficient (Wildman–Crippen LogP) is 1.62. The molecule has 0 fully saturated rings. The molecule has 9 heteroatoms. The highest BCUT2D eigenvalue weighted by Gasteiger charge is 2.49. The summed E-state index contributed by atoms with van der Waals surface area (Å²) in [6.07, 6.45) is -5.14. The Bertz CT molecular complexity index is 641. The Balaban J connectivity index is 2.44. The minimum atomic E-state index is -5.14. The number of hydrogen-bond acceptors (Lipinski definition) is 3. The van der Waals surface area contributed by atoms with E-state index in [9.17, 15) is 31.9 Å². The van der Waals surface area contributed by atoms with Gasteiger partial charge < -0.3 is 10.0 Å². The Hall–Kier alpha value is -2.45. The second-order valence-corrected chi connectivity index (χ2v) is 4.31. The zero-order valence-electron chi connectivity index (χ0n) is 10.1. The predicted molar refractivity (Wildman–Crippen MR) is 60.3 cm³/mol. The van der Waals surface area contributed by atoms with Crippen molar-refractivity contribution in [3.8, 4) is 0 Å². The van der Waals surface area contributed by atoms with Crippen molar-refractivity contribution >= 4 is 23.3 Å². The molecule has 1 aromatic rings. The van der Waals surface area contributed by atoms with Crippen LogP contribution in [0.4, 0.5) is 23.2 Å². The first-order valence-electron chi connectivity index (χ1n) is 5.58. The first-order chi connectivity index (χ1) is 9.64. The lowest BCUT2D eigenvalue weighted by molar-refractivity contribution is -0.191. The van der Waals surface area contributed by atoms with Gasteiger partial charge in [0.05, 0.1) is 11.3 Å². The summed E-state index contributed by atoms with van der Waals surface area (Å²) in [5.74, 6) is -8.76. The highest BCUT2D eigenvalue weighted by molar-refractivity contribution is 6.52. The SMILES string of the molecule is O=C1C(=O)N(CC(C(=O)O)C(F)(F)F)c2c(F)cccc21. The molecule has 1 amide bonds. The number of carbonyl (C=O) groups is 3. The third-order valence-electron chi connectivity index (χ3n) is 3.00. The molecule has 1 aliphatic rings. The number of carbonyl (C=O) groups excluding carboxylic acids is 2. The molecule has 112 valence electrons. The van der Waals surface area contributed by atoms with Gasteiger partial charge in [0.25, 0.3) is 11.7 Å². The lowest BCUT2D eigenvalue weighted by Gasteiger charge is -2.23. The van der Waals surface area contributed by atoms with Gasteiger partial charge in [-0.05, 0) is 12.1 Å². The van der Waals surface area contributed by atoms with Gasteiger partial charge in [0, 0.05) is 6.54 Å². The van der Waals surface area contributed by atoms with E-state index in [0.29, 0.717) is 0 Å². The molecule has 0 saturated carbocycles. The number of halogens is 4. The molecule has 0 spiro atoms. The molecule has 1 heterocycles. The third kappa shape index (κ3) is 2.46. The minimum absolute atomic E-state index is 0.222. The smallest absolute Gasteiger partial charge is 0.403 e. The van der Waals surface area contributed by atoms with Crippen LogP contribution in [-0.2, 0) is 9.59 Å². The highest BCUT2D eigenvalue weighted by Crippen LogP contribution is 2.35. The summed E-state index contributed by atoms with van der Waals surface area (Å²) in [7, 11) is 0. The molecule has 1 unspecified atom stereocenters. The molecule has 1 aromatic carbocycles. The lowest BCUT2D eigenvalue weighted by Crippen LogP contribution is -2.43. The maximum atomic E-state index is 13.7. The Morgan fingerprint density at radius 2 is 1.90 bits per heavy atom. The fraction of sp³-hybridized carbons (Fsp3) is 0.250. The van der Waals surface area contributed by atoms with Crippen molar-refractivity contribution < 1.29 is 37.1 Å². The van der Waals surface area contributed by atoms with Gasteiger partial charge >= 0.3 is 12.1 Å². The highest BCUT2D eigenvalue weighted by atomic mass is 19.4. The van der Waals surface area contributed by atoms with Crippen LogP contribution in [0.5, 0.6) is 0 Å². The van der Waals surface area contributed by atoms with Crippen molar-refractivity contribution in [1.82, 2.24) is 0 Å². The van der Waals surface area contributed by atoms with Crippen molar-refractivity contribution in [2.45, 2.75) is 6.18 Å². The van der Waals surface area contributed by atoms with Crippen LogP contribution in [0.1, 0.15) is 10.4 Å². The van der Waals surface area contributed by atoms with Crippen LogP contribution in [0.15, 0.2) is 18.2 Å². The molecule has 1 N–H and O–H groups in total. The monoisotopic (exact) mass is 305 g/mol. The molecular formula is C12H7F4NO4. The largest absolute Gasteiger partial charge is 0.481 e. The van der Waals surface area contributed by atoms with E-state index in [2.05, 4.69) is 0 Å². The van der Waals surface area contributed by atoms with Crippen LogP contribution in [0.2, 0.25) is 0 Å². The summed E-state index contributed by atoms with van der Waals surface area (Å²) in [5.41, 5.74) is -1.01. The summed E-state index contributed by atoms with van der Waals surface area (Å²) in [4.78, 5) is 34.1. The van der Waals surface area contributed by atoms with Crippen LogP contribution >= 0.6 is 0 Å². The average Bonchev–Trinajstić information content (AvgIpc) is 2.60. The number of carboxylic acids is 1. The molecule has 5 nitrogen and oxygen atoms in total. The molecule has 1 atom stereocenters. The van der Waals surface area contributed by atoms with Gasteiger partial charge in [0.2, 0.25) is 0 Å². The van der Waals surface area contributed by atoms with E-state index in [1.807, 2.05) is 0 Å². The van der Waals surface area contributed by atoms with E-state index in [1.54, 1.807) is 0 Å². The quantitative estimate of drug-likeness (QED) is 0.680. The van der Waals surface area contributed by atoms with E-state index in [0.717, 1.165) is 18.2 Å². The molecule has 0 aromatic heterocycles. The number of hydrogen-bond donors (Lipinski definition) is 1. The normalized spacial score (nSPS) is 16.1. The number of Topliss-reactive ketones (excluding diaryl/α,β-unsaturated/α-hetero) is 1. The maximum absolute atomic E-state index is 13.7. The van der Waals surface area contributed by atoms with Gasteiger partial charge in [-0.25, -0.2) is 4.39 Å². The molecule has 2 rings (SSSR count). The van der Waals surface area contributed by atoms with Crippen molar-refractivity contribution in [2.24, 2.45) is 5.92 Å². The number of aliphatic carboxylic acids is 1. The van der Waals surface area contributed by atoms with Crippen LogP contribution in [-0.4, -0.2) is 35.5 Å². The Labute approximate surface area is 114 Å². The van der Waals surface area contributed by atoms with Crippen LogP contribution < -0.4 is 4.90 Å². The Kier molecular flexibility index (Phi) is 3.44. The number of rotatable bonds is 3. The topological polar surface area (TPSA) is 74.7 Å². The average molecular weight is 305 g/mol. The van der Waals surface area contributed by atoms with E-state index in [1.165, 1.54) is 0 Å². The number of benzene rings is 1. The molecular weight excluding hydrogens is 298 g/mol. The van der Waals surface area contributed by atoms with Crippen molar-refractivity contribution in [3.63, 3.8) is 0 Å². The van der Waals surface area contributed by atoms with Crippen LogP contribution in [0.3, 0.4) is 0 Å². The number of anilines is 1. The second-order valence-electron chi connectivity index (χ2n) is 4.31. The van der Waals surface area contributed by atoms with Crippen molar-refractivity contribution in [3.05, 3.63) is 29.6 Å². The zero-order chi connectivity index (χ0) is 15.9. The number of para-hydroxylation sites is 1. The molecule has 0 radical (unpaired) electrons. The van der Waals surface area contributed by atoms with E-state index in [4.69, 9.17) is 5.11 Å². The van der Waals surface area contributed by atoms with Crippen molar-refractivity contribution in [2.75, 3.05) is 11.4 Å². The summed E-state index contributed by atoms with van der Waals surface area (Å²) >= 11 is 0. The van der Waals surface area contributed by atoms with Crippen LogP contribution in [0.25, 0.3) is 0 Å². The summed E-state index contributed by atoms with van der Waals surface area (Å²) in [6.45, 7) is -1.36. The lowest BCUT2D eigenvalue weighted by atomic mass is 10.1. The molecule has 0 saturated heterocycles. The molecule has 21 heavy (non-hydrogen) atoms. The summed E-state index contributed by atoms with van der Waals surface area (Å²) in [5, 5.41) is 8.60. The summed E-state index contributed by atoms with van der Waals surface area (Å²) < 4.78 is 51.5. The van der Waals surface area contributed by atoms with Gasteiger partial charge in [-0.15, -0.1) is 0 Å². The summed E-state index contributed by atoms with van der Waals surface area (Å²) in [6, 6.07) is 3.07. The third-order valence-corrected chi connectivity index (χ3v) is 3.00. The van der Waals surface area contributed by atoms with Gasteiger partial charge in [-0.3, -0.25) is 14.4 Å².